The highest BCUT2D eigenvalue weighted by molar-refractivity contribution is 7.80. The van der Waals surface area contributed by atoms with Crippen LogP contribution in [0.2, 0.25) is 0 Å². The summed E-state index contributed by atoms with van der Waals surface area (Å²) in [6.45, 7) is 1.42. The predicted molar refractivity (Wildman–Crippen MR) is 67.4 cm³/mol. The average Bonchev–Trinajstić information content (AvgIpc) is 2.53. The van der Waals surface area contributed by atoms with Gasteiger partial charge in [-0.2, -0.15) is 12.6 Å². The summed E-state index contributed by atoms with van der Waals surface area (Å²) in [5.41, 5.74) is 7.11. The molecule has 0 saturated carbocycles. The van der Waals surface area contributed by atoms with Crippen LogP contribution in [0.1, 0.15) is 24.4 Å². The quantitative estimate of drug-likeness (QED) is 0.795. The summed E-state index contributed by atoms with van der Waals surface area (Å²) in [4.78, 5) is 0. The normalized spacial score (nSPS) is 16.6. The maximum absolute atomic E-state index is 6.03. The van der Waals surface area contributed by atoms with Crippen molar-refractivity contribution in [1.29, 1.82) is 0 Å². The topological polar surface area (TPSA) is 44.5 Å². The molecule has 2 N–H and O–H groups in total. The maximum atomic E-state index is 6.03. The summed E-state index contributed by atoms with van der Waals surface area (Å²) in [6, 6.07) is 5.94. The van der Waals surface area contributed by atoms with Crippen LogP contribution >= 0.6 is 12.6 Å². The van der Waals surface area contributed by atoms with E-state index in [1.165, 1.54) is 0 Å². The van der Waals surface area contributed by atoms with Crippen molar-refractivity contribution < 1.29 is 9.47 Å². The summed E-state index contributed by atoms with van der Waals surface area (Å²) in [7, 11) is 0. The van der Waals surface area contributed by atoms with Gasteiger partial charge in [-0.1, -0.05) is 6.07 Å². The van der Waals surface area contributed by atoms with E-state index in [2.05, 4.69) is 12.6 Å². The van der Waals surface area contributed by atoms with Gasteiger partial charge >= 0.3 is 0 Å². The largest absolute Gasteiger partial charge is 0.490 e. The van der Waals surface area contributed by atoms with E-state index in [9.17, 15) is 0 Å². The Morgan fingerprint density at radius 3 is 2.75 bits per heavy atom. The van der Waals surface area contributed by atoms with Crippen LogP contribution < -0.4 is 15.2 Å². The molecule has 1 atom stereocenters. The molecule has 4 heteroatoms. The second-order valence-electron chi connectivity index (χ2n) is 3.88. The number of thiol groups is 1. The van der Waals surface area contributed by atoms with Crippen molar-refractivity contribution in [2.24, 2.45) is 5.73 Å². The highest BCUT2D eigenvalue weighted by Gasteiger charge is 2.13. The molecule has 0 spiro atoms. The van der Waals surface area contributed by atoms with E-state index in [4.69, 9.17) is 15.2 Å². The number of nitrogens with two attached hydrogens (primary N) is 1. The lowest BCUT2D eigenvalue weighted by molar-refractivity contribution is 0.297. The zero-order valence-corrected chi connectivity index (χ0v) is 10.1. The second kappa shape index (κ2) is 5.46. The molecular weight excluding hydrogens is 222 g/mol. The maximum Gasteiger partial charge on any atom is 0.161 e. The van der Waals surface area contributed by atoms with Crippen LogP contribution in [-0.2, 0) is 0 Å². The number of fused-ring (bicyclic) bond motifs is 1. The third-order valence-corrected chi connectivity index (χ3v) is 2.90. The molecule has 1 aliphatic heterocycles. The minimum atomic E-state index is 0.0228. The molecule has 2 rings (SSSR count). The highest BCUT2D eigenvalue weighted by Crippen LogP contribution is 2.32. The van der Waals surface area contributed by atoms with Gasteiger partial charge in [0.1, 0.15) is 0 Å². The summed E-state index contributed by atoms with van der Waals surface area (Å²) in [6.07, 6.45) is 1.79. The van der Waals surface area contributed by atoms with Gasteiger partial charge in [-0.3, -0.25) is 0 Å². The minimum absolute atomic E-state index is 0.0228. The molecule has 0 saturated heterocycles. The lowest BCUT2D eigenvalue weighted by atomic mass is 10.1. The fraction of sp³-hybridized carbons (Fsp3) is 0.500. The van der Waals surface area contributed by atoms with Crippen LogP contribution in [0, 0.1) is 0 Å². The van der Waals surface area contributed by atoms with Crippen LogP contribution in [0.4, 0.5) is 0 Å². The standard InChI is InChI=1S/C12H17NO2S/c13-10(4-7-16)9-2-3-11-12(8-9)15-6-1-5-14-11/h2-3,8,10,16H,1,4-7,13H2. The SMILES string of the molecule is NC(CCS)c1ccc2c(c1)OCCCO2. The molecule has 3 nitrogen and oxygen atoms in total. The molecule has 0 fully saturated rings. The molecule has 88 valence electrons. The van der Waals surface area contributed by atoms with E-state index in [0.29, 0.717) is 6.61 Å². The molecule has 1 heterocycles. The Kier molecular flexibility index (Phi) is 3.96. The number of benzene rings is 1. The van der Waals surface area contributed by atoms with Gasteiger partial charge in [0.25, 0.3) is 0 Å². The van der Waals surface area contributed by atoms with Crippen LogP contribution in [0.5, 0.6) is 11.5 Å². The summed E-state index contributed by atoms with van der Waals surface area (Å²) in [5.74, 6) is 2.42. The van der Waals surface area contributed by atoms with Gasteiger partial charge in [0.15, 0.2) is 11.5 Å². The van der Waals surface area contributed by atoms with E-state index in [1.54, 1.807) is 0 Å². The van der Waals surface area contributed by atoms with E-state index in [-0.39, 0.29) is 6.04 Å². The number of rotatable bonds is 3. The van der Waals surface area contributed by atoms with E-state index < -0.39 is 0 Å². The molecule has 1 unspecified atom stereocenters. The Balaban J connectivity index is 2.20. The van der Waals surface area contributed by atoms with Gasteiger partial charge in [-0.05, 0) is 29.9 Å². The molecule has 0 aromatic heterocycles. The van der Waals surface area contributed by atoms with Gasteiger partial charge in [0.2, 0.25) is 0 Å². The molecule has 1 aliphatic rings. The Bertz CT molecular complexity index is 357. The van der Waals surface area contributed by atoms with Crippen LogP contribution in [0.25, 0.3) is 0 Å². The van der Waals surface area contributed by atoms with Crippen molar-refractivity contribution in [3.8, 4) is 11.5 Å². The van der Waals surface area contributed by atoms with Crippen molar-refractivity contribution in [2.75, 3.05) is 19.0 Å². The summed E-state index contributed by atoms with van der Waals surface area (Å²) in [5, 5.41) is 0. The molecule has 1 aromatic carbocycles. The molecule has 1 aromatic rings. The van der Waals surface area contributed by atoms with E-state index in [1.807, 2.05) is 18.2 Å². The zero-order valence-electron chi connectivity index (χ0n) is 9.19. The van der Waals surface area contributed by atoms with Crippen molar-refractivity contribution in [3.05, 3.63) is 23.8 Å². The lowest BCUT2D eigenvalue weighted by Gasteiger charge is -2.13. The monoisotopic (exact) mass is 239 g/mol. The Morgan fingerprint density at radius 2 is 2.00 bits per heavy atom. The van der Waals surface area contributed by atoms with Crippen molar-refractivity contribution in [1.82, 2.24) is 0 Å². The van der Waals surface area contributed by atoms with E-state index in [0.717, 1.165) is 42.3 Å². The van der Waals surface area contributed by atoms with Gasteiger partial charge < -0.3 is 15.2 Å². The summed E-state index contributed by atoms with van der Waals surface area (Å²) >= 11 is 4.19. The zero-order chi connectivity index (χ0) is 11.4. The fourth-order valence-electron chi connectivity index (χ4n) is 1.72. The van der Waals surface area contributed by atoms with Crippen LogP contribution in [0.3, 0.4) is 0 Å². The van der Waals surface area contributed by atoms with Crippen molar-refractivity contribution in [2.45, 2.75) is 18.9 Å². The summed E-state index contributed by atoms with van der Waals surface area (Å²) < 4.78 is 11.2. The van der Waals surface area contributed by atoms with Gasteiger partial charge in [0.05, 0.1) is 13.2 Å². The van der Waals surface area contributed by atoms with Gasteiger partial charge in [0, 0.05) is 12.5 Å². The second-order valence-corrected chi connectivity index (χ2v) is 4.32. The molecular formula is C12H17NO2S. The molecule has 0 aliphatic carbocycles. The number of ether oxygens (including phenoxy) is 2. The first-order valence-electron chi connectivity index (χ1n) is 5.57. The Morgan fingerprint density at radius 1 is 1.25 bits per heavy atom. The highest BCUT2D eigenvalue weighted by atomic mass is 32.1. The fourth-order valence-corrected chi connectivity index (χ4v) is 1.99. The van der Waals surface area contributed by atoms with E-state index >= 15 is 0 Å². The molecule has 0 amide bonds. The van der Waals surface area contributed by atoms with Crippen molar-refractivity contribution >= 4 is 12.6 Å². The van der Waals surface area contributed by atoms with Gasteiger partial charge in [-0.25, -0.2) is 0 Å². The first-order chi connectivity index (χ1) is 7.81. The van der Waals surface area contributed by atoms with Crippen LogP contribution in [0.15, 0.2) is 18.2 Å². The molecule has 16 heavy (non-hydrogen) atoms. The van der Waals surface area contributed by atoms with Crippen LogP contribution in [-0.4, -0.2) is 19.0 Å². The lowest BCUT2D eigenvalue weighted by Crippen LogP contribution is -2.10. The Hall–Kier alpha value is -0.870. The predicted octanol–water partition coefficient (Wildman–Crippen LogP) is 2.17. The number of hydrogen-bond acceptors (Lipinski definition) is 4. The average molecular weight is 239 g/mol. The first-order valence-corrected chi connectivity index (χ1v) is 6.20. The smallest absolute Gasteiger partial charge is 0.161 e. The third-order valence-electron chi connectivity index (χ3n) is 2.64. The molecule has 0 radical (unpaired) electrons. The first kappa shape index (κ1) is 11.6. The Labute approximate surface area is 101 Å². The van der Waals surface area contributed by atoms with Gasteiger partial charge in [-0.15, -0.1) is 0 Å². The molecule has 0 bridgehead atoms. The third kappa shape index (κ3) is 2.62. The minimum Gasteiger partial charge on any atom is -0.490 e. The number of hydrogen-bond donors (Lipinski definition) is 2. The van der Waals surface area contributed by atoms with Crippen molar-refractivity contribution in [3.63, 3.8) is 0 Å².